The van der Waals surface area contributed by atoms with E-state index in [0.717, 1.165) is 30.8 Å². The van der Waals surface area contributed by atoms with E-state index < -0.39 is 0 Å². The summed E-state index contributed by atoms with van der Waals surface area (Å²) >= 11 is 0. The van der Waals surface area contributed by atoms with Crippen molar-refractivity contribution in [3.8, 4) is 5.75 Å². The smallest absolute Gasteiger partial charge is 0.252 e. The lowest BCUT2D eigenvalue weighted by Gasteiger charge is -2.22. The van der Waals surface area contributed by atoms with Gasteiger partial charge in [0.25, 0.3) is 5.91 Å². The molecule has 25 heavy (non-hydrogen) atoms. The zero-order valence-electron chi connectivity index (χ0n) is 14.4. The Kier molecular flexibility index (Phi) is 5.85. The van der Waals surface area contributed by atoms with Crippen LogP contribution in [-0.4, -0.2) is 42.0 Å². The van der Waals surface area contributed by atoms with E-state index >= 15 is 0 Å². The molecule has 1 atom stereocenters. The summed E-state index contributed by atoms with van der Waals surface area (Å²) in [5.41, 5.74) is 0.941. The van der Waals surface area contributed by atoms with Crippen molar-refractivity contribution in [2.45, 2.75) is 25.9 Å². The van der Waals surface area contributed by atoms with Crippen molar-refractivity contribution in [3.05, 3.63) is 48.2 Å². The quantitative estimate of drug-likeness (QED) is 0.786. The fourth-order valence-corrected chi connectivity index (χ4v) is 2.79. The van der Waals surface area contributed by atoms with E-state index in [1.54, 1.807) is 29.3 Å². The van der Waals surface area contributed by atoms with Crippen LogP contribution in [0.1, 0.15) is 25.3 Å². The molecule has 2 heterocycles. The predicted molar refractivity (Wildman–Crippen MR) is 96.6 cm³/mol. The molecule has 1 amide bonds. The minimum absolute atomic E-state index is 0.0690. The van der Waals surface area contributed by atoms with Crippen molar-refractivity contribution < 1.29 is 14.3 Å². The maximum Gasteiger partial charge on any atom is 0.252 e. The number of hydrogen-bond acceptors (Lipinski definition) is 4. The van der Waals surface area contributed by atoms with Crippen molar-refractivity contribution in [2.75, 3.05) is 24.7 Å². The highest BCUT2D eigenvalue weighted by Crippen LogP contribution is 2.18. The Morgan fingerprint density at radius 1 is 1.40 bits per heavy atom. The molecule has 2 aromatic rings. The Morgan fingerprint density at radius 2 is 2.24 bits per heavy atom. The van der Waals surface area contributed by atoms with E-state index in [0.29, 0.717) is 19.0 Å². The van der Waals surface area contributed by atoms with E-state index in [1.807, 2.05) is 31.2 Å². The van der Waals surface area contributed by atoms with Crippen molar-refractivity contribution in [3.63, 3.8) is 0 Å². The first-order chi connectivity index (χ1) is 12.3. The normalized spacial score (nSPS) is 17.1. The lowest BCUT2D eigenvalue weighted by molar-refractivity contribution is -0.114. The van der Waals surface area contributed by atoms with Crippen LogP contribution in [0.4, 0.5) is 5.82 Å². The maximum absolute atomic E-state index is 12.7. The van der Waals surface area contributed by atoms with Crippen LogP contribution < -0.4 is 9.64 Å². The average Bonchev–Trinajstić information content (AvgIpc) is 3.33. The predicted octanol–water partition coefficient (Wildman–Crippen LogP) is 3.03. The number of carbonyl (C=O) groups excluding carboxylic acids is 1. The fraction of sp³-hybridized carbons (Fsp3) is 0.368. The van der Waals surface area contributed by atoms with Gasteiger partial charge in [0.15, 0.2) is 5.82 Å². The number of hydrogen-bond donors (Lipinski definition) is 1. The molecule has 1 fully saturated rings. The highest BCUT2D eigenvalue weighted by Gasteiger charge is 2.23. The second-order valence-electron chi connectivity index (χ2n) is 5.85. The molecular formula is C19H23N3O3. The summed E-state index contributed by atoms with van der Waals surface area (Å²) in [7, 11) is 0. The number of benzene rings is 1. The molecule has 1 aliphatic rings. The van der Waals surface area contributed by atoms with Gasteiger partial charge in [0, 0.05) is 24.9 Å². The number of rotatable bonds is 7. The van der Waals surface area contributed by atoms with Gasteiger partial charge in [-0.3, -0.25) is 14.8 Å². The summed E-state index contributed by atoms with van der Waals surface area (Å²) < 4.78 is 11.1. The van der Waals surface area contributed by atoms with Crippen molar-refractivity contribution in [1.82, 2.24) is 10.2 Å². The zero-order valence-corrected chi connectivity index (χ0v) is 14.4. The Labute approximate surface area is 147 Å². The number of ether oxygens (including phenoxy) is 2. The van der Waals surface area contributed by atoms with E-state index in [1.165, 1.54) is 0 Å². The minimum atomic E-state index is -0.114. The summed E-state index contributed by atoms with van der Waals surface area (Å²) in [6.07, 6.45) is 7.15. The molecule has 6 nitrogen and oxygen atoms in total. The highest BCUT2D eigenvalue weighted by molar-refractivity contribution is 6.03. The fourth-order valence-electron chi connectivity index (χ4n) is 2.79. The summed E-state index contributed by atoms with van der Waals surface area (Å²) in [4.78, 5) is 14.3. The molecular weight excluding hydrogens is 318 g/mol. The second-order valence-corrected chi connectivity index (χ2v) is 5.85. The van der Waals surface area contributed by atoms with E-state index in [2.05, 4.69) is 10.2 Å². The van der Waals surface area contributed by atoms with Gasteiger partial charge in [-0.1, -0.05) is 12.1 Å². The Bertz CT molecular complexity index is 689. The van der Waals surface area contributed by atoms with Crippen LogP contribution in [0.3, 0.4) is 0 Å². The van der Waals surface area contributed by atoms with Gasteiger partial charge in [-0.05, 0) is 43.5 Å². The van der Waals surface area contributed by atoms with Crippen LogP contribution in [0.2, 0.25) is 0 Å². The van der Waals surface area contributed by atoms with Crippen molar-refractivity contribution >= 4 is 17.8 Å². The first-order valence-electron chi connectivity index (χ1n) is 8.60. The molecule has 0 aliphatic carbocycles. The van der Waals surface area contributed by atoms with Crippen LogP contribution in [-0.2, 0) is 9.53 Å². The summed E-state index contributed by atoms with van der Waals surface area (Å²) in [5, 5.41) is 6.90. The van der Waals surface area contributed by atoms with Crippen LogP contribution in [0, 0.1) is 0 Å². The Hall–Kier alpha value is -2.60. The number of H-pyrrole nitrogens is 1. The van der Waals surface area contributed by atoms with Crippen molar-refractivity contribution in [1.29, 1.82) is 0 Å². The molecule has 1 aromatic carbocycles. The van der Waals surface area contributed by atoms with Crippen LogP contribution in [0.15, 0.2) is 42.6 Å². The maximum atomic E-state index is 12.7. The van der Waals surface area contributed by atoms with Gasteiger partial charge in [0.05, 0.1) is 19.3 Å². The average molecular weight is 341 g/mol. The number of anilines is 1. The number of nitrogens with zero attached hydrogens (tertiary/aromatic N) is 2. The van der Waals surface area contributed by atoms with Gasteiger partial charge >= 0.3 is 0 Å². The van der Waals surface area contributed by atoms with Gasteiger partial charge in [-0.25, -0.2) is 0 Å². The van der Waals surface area contributed by atoms with Crippen molar-refractivity contribution in [2.24, 2.45) is 0 Å². The summed E-state index contributed by atoms with van der Waals surface area (Å²) in [6.45, 7) is 3.85. The van der Waals surface area contributed by atoms with Crippen LogP contribution in [0.5, 0.6) is 5.75 Å². The van der Waals surface area contributed by atoms with E-state index in [4.69, 9.17) is 9.47 Å². The molecule has 0 saturated carbocycles. The first kappa shape index (κ1) is 17.2. The van der Waals surface area contributed by atoms with Gasteiger partial charge in [0.2, 0.25) is 0 Å². The third-order valence-corrected chi connectivity index (χ3v) is 4.05. The number of amides is 1. The molecule has 132 valence electrons. The van der Waals surface area contributed by atoms with E-state index in [9.17, 15) is 4.79 Å². The molecule has 6 heteroatoms. The molecule has 0 spiro atoms. The molecule has 1 unspecified atom stereocenters. The van der Waals surface area contributed by atoms with Crippen LogP contribution >= 0.6 is 0 Å². The standard InChI is InChI=1S/C19H23N3O3/c1-2-24-16-8-5-15(6-9-16)7-10-19(23)22(18-11-12-20-21-18)14-17-4-3-13-25-17/h5-12,17H,2-4,13-14H2,1H3,(H,20,21)/b10-7+. The second kappa shape index (κ2) is 8.48. The zero-order chi connectivity index (χ0) is 17.5. The number of carbonyl (C=O) groups is 1. The largest absolute Gasteiger partial charge is 0.494 e. The monoisotopic (exact) mass is 341 g/mol. The number of nitrogens with one attached hydrogen (secondary N) is 1. The number of aromatic nitrogens is 2. The topological polar surface area (TPSA) is 67.4 Å². The van der Waals surface area contributed by atoms with Crippen LogP contribution in [0.25, 0.3) is 6.08 Å². The molecule has 1 aliphatic heterocycles. The van der Waals surface area contributed by atoms with Gasteiger partial charge < -0.3 is 9.47 Å². The minimum Gasteiger partial charge on any atom is -0.494 e. The highest BCUT2D eigenvalue weighted by atomic mass is 16.5. The van der Waals surface area contributed by atoms with Gasteiger partial charge in [-0.2, -0.15) is 5.10 Å². The number of aromatic amines is 1. The SMILES string of the molecule is CCOc1ccc(/C=C/C(=O)N(CC2CCCO2)c2cc[nH]n2)cc1. The molecule has 3 rings (SSSR count). The Balaban J connectivity index is 1.68. The molecule has 1 N–H and O–H groups in total. The van der Waals surface area contributed by atoms with Gasteiger partial charge in [0.1, 0.15) is 5.75 Å². The lowest BCUT2D eigenvalue weighted by atomic mass is 10.2. The first-order valence-corrected chi connectivity index (χ1v) is 8.60. The molecule has 0 radical (unpaired) electrons. The summed E-state index contributed by atoms with van der Waals surface area (Å²) in [6, 6.07) is 9.43. The van der Waals surface area contributed by atoms with Gasteiger partial charge in [-0.15, -0.1) is 0 Å². The molecule has 0 bridgehead atoms. The summed E-state index contributed by atoms with van der Waals surface area (Å²) in [5.74, 6) is 1.32. The third kappa shape index (κ3) is 4.70. The lowest BCUT2D eigenvalue weighted by Crippen LogP contribution is -2.36. The molecule has 1 aromatic heterocycles. The third-order valence-electron chi connectivity index (χ3n) is 4.05. The molecule has 1 saturated heterocycles. The van der Waals surface area contributed by atoms with E-state index in [-0.39, 0.29) is 12.0 Å². The Morgan fingerprint density at radius 3 is 2.88 bits per heavy atom.